The van der Waals surface area contributed by atoms with E-state index < -0.39 is 5.82 Å². The molecule has 2 bridgehead atoms. The number of aromatic nitrogens is 5. The van der Waals surface area contributed by atoms with Crippen molar-refractivity contribution in [2.75, 3.05) is 25.9 Å². The van der Waals surface area contributed by atoms with E-state index in [9.17, 15) is 4.39 Å². The van der Waals surface area contributed by atoms with Crippen molar-refractivity contribution in [1.29, 1.82) is 0 Å². The van der Waals surface area contributed by atoms with Crippen LogP contribution < -0.4 is 15.8 Å². The Labute approximate surface area is 195 Å². The second-order valence-electron chi connectivity index (χ2n) is 8.92. The summed E-state index contributed by atoms with van der Waals surface area (Å²) < 4.78 is 21.1. The summed E-state index contributed by atoms with van der Waals surface area (Å²) >= 11 is 0. The molecule has 0 unspecified atom stereocenters. The van der Waals surface area contributed by atoms with Crippen LogP contribution in [0.1, 0.15) is 17.5 Å². The van der Waals surface area contributed by atoms with E-state index in [4.69, 9.17) is 10.5 Å². The Morgan fingerprint density at radius 1 is 1.12 bits per heavy atom. The first-order valence-corrected chi connectivity index (χ1v) is 11.3. The average Bonchev–Trinajstić information content (AvgIpc) is 3.55. The number of rotatable bonds is 6. The molecule has 2 aliphatic heterocycles. The molecule has 0 radical (unpaired) electrons. The molecule has 34 heavy (non-hydrogen) atoms. The van der Waals surface area contributed by atoms with Gasteiger partial charge in [-0.25, -0.2) is 9.37 Å². The molecule has 2 atom stereocenters. The molecule has 2 fully saturated rings. The summed E-state index contributed by atoms with van der Waals surface area (Å²) in [5, 5.41) is 3.55. The summed E-state index contributed by atoms with van der Waals surface area (Å²) in [6, 6.07) is 11.4. The molecule has 0 spiro atoms. The van der Waals surface area contributed by atoms with Crippen LogP contribution in [0.25, 0.3) is 22.6 Å². The van der Waals surface area contributed by atoms with Gasteiger partial charge in [0.1, 0.15) is 11.6 Å². The lowest BCUT2D eigenvalue weighted by Gasteiger charge is -2.27. The van der Waals surface area contributed by atoms with Crippen LogP contribution in [-0.2, 0) is 13.1 Å². The van der Waals surface area contributed by atoms with Crippen molar-refractivity contribution < 1.29 is 9.13 Å². The highest BCUT2D eigenvalue weighted by molar-refractivity contribution is 5.85. The first kappa shape index (κ1) is 20.9. The Morgan fingerprint density at radius 2 is 1.91 bits per heavy atom. The third-order valence-corrected chi connectivity index (χ3v) is 6.67. The summed E-state index contributed by atoms with van der Waals surface area (Å²) in [6.07, 6.45) is 3.98. The van der Waals surface area contributed by atoms with Gasteiger partial charge in [-0.05, 0) is 23.6 Å². The number of anilines is 1. The number of nitrogen functional groups attached to an aromatic ring is 1. The van der Waals surface area contributed by atoms with Crippen molar-refractivity contribution >= 4 is 17.0 Å². The van der Waals surface area contributed by atoms with E-state index in [0.717, 1.165) is 31.4 Å². The van der Waals surface area contributed by atoms with E-state index in [1.54, 1.807) is 6.20 Å². The highest BCUT2D eigenvalue weighted by atomic mass is 19.1. The fourth-order valence-corrected chi connectivity index (χ4v) is 5.00. The van der Waals surface area contributed by atoms with Crippen molar-refractivity contribution in [3.63, 3.8) is 0 Å². The predicted octanol–water partition coefficient (Wildman–Crippen LogP) is 2.21. The van der Waals surface area contributed by atoms with Crippen molar-refractivity contribution in [1.82, 2.24) is 34.7 Å². The van der Waals surface area contributed by atoms with Gasteiger partial charge < -0.3 is 20.4 Å². The van der Waals surface area contributed by atoms with E-state index >= 15 is 0 Å². The van der Waals surface area contributed by atoms with Crippen LogP contribution in [0.4, 0.5) is 10.2 Å². The molecule has 3 aromatic heterocycles. The number of piperazine rings is 1. The lowest BCUT2D eigenvalue weighted by Crippen LogP contribution is -2.42. The molecule has 9 nitrogen and oxygen atoms in total. The molecule has 4 aromatic rings. The van der Waals surface area contributed by atoms with Crippen molar-refractivity contribution in [3.05, 3.63) is 59.7 Å². The number of pyridine rings is 1. The van der Waals surface area contributed by atoms with Gasteiger partial charge in [0.2, 0.25) is 0 Å². The number of likely N-dealkylation sites (tertiary alicyclic amines) is 1. The number of nitrogens with one attached hydrogen (secondary N) is 1. The van der Waals surface area contributed by atoms with Gasteiger partial charge in [0, 0.05) is 43.5 Å². The molecule has 3 N–H and O–H groups in total. The Hall–Kier alpha value is -3.63. The summed E-state index contributed by atoms with van der Waals surface area (Å²) in [5.74, 6) is 0.278. The van der Waals surface area contributed by atoms with Crippen LogP contribution in [0.2, 0.25) is 0 Å². The van der Waals surface area contributed by atoms with E-state index in [-0.39, 0.29) is 11.8 Å². The summed E-state index contributed by atoms with van der Waals surface area (Å²) in [5.41, 5.74) is 9.98. The molecular formula is C24H25FN8O. The Bertz CT molecular complexity index is 1360. The lowest BCUT2D eigenvalue weighted by atomic mass is 10.1. The minimum atomic E-state index is -0.442. The zero-order valence-electron chi connectivity index (χ0n) is 18.8. The van der Waals surface area contributed by atoms with Gasteiger partial charge in [-0.1, -0.05) is 24.3 Å². The summed E-state index contributed by atoms with van der Waals surface area (Å²) in [4.78, 5) is 19.8. The Kier molecular flexibility index (Phi) is 5.11. The molecule has 0 aliphatic carbocycles. The van der Waals surface area contributed by atoms with Crippen molar-refractivity contribution in [3.8, 4) is 17.4 Å². The van der Waals surface area contributed by atoms with Crippen molar-refractivity contribution in [2.24, 2.45) is 0 Å². The van der Waals surface area contributed by atoms with Gasteiger partial charge in [0.05, 0.1) is 19.9 Å². The van der Waals surface area contributed by atoms with Gasteiger partial charge in [0.15, 0.2) is 17.0 Å². The molecule has 0 saturated carbocycles. The largest absolute Gasteiger partial charge is 0.467 e. The van der Waals surface area contributed by atoms with E-state index in [1.165, 1.54) is 25.2 Å². The molecular weight excluding hydrogens is 435 g/mol. The zero-order valence-corrected chi connectivity index (χ0v) is 18.8. The van der Waals surface area contributed by atoms with E-state index in [2.05, 4.69) is 54.4 Å². The van der Waals surface area contributed by atoms with E-state index in [1.807, 2.05) is 4.57 Å². The first-order chi connectivity index (χ1) is 16.6. The number of ether oxygens (including phenoxy) is 1. The smallest absolute Gasteiger partial charge is 0.320 e. The number of fused-ring (bicyclic) bond motifs is 3. The number of nitrogens with zero attached hydrogens (tertiary/aromatic N) is 6. The van der Waals surface area contributed by atoms with Gasteiger partial charge in [-0.15, -0.1) is 0 Å². The van der Waals surface area contributed by atoms with Crippen LogP contribution in [0.5, 0.6) is 6.01 Å². The number of methoxy groups -OCH3 is 1. The molecule has 2 saturated heterocycles. The van der Waals surface area contributed by atoms with Crippen LogP contribution >= 0.6 is 0 Å². The second-order valence-corrected chi connectivity index (χ2v) is 8.92. The minimum absolute atomic E-state index is 0.153. The number of benzene rings is 1. The van der Waals surface area contributed by atoms with Crippen molar-refractivity contribution in [2.45, 2.75) is 31.6 Å². The maximum Gasteiger partial charge on any atom is 0.320 e. The first-order valence-electron chi connectivity index (χ1n) is 11.3. The molecule has 10 heteroatoms. The molecule has 0 amide bonds. The third-order valence-electron chi connectivity index (χ3n) is 6.67. The number of hydrogen-bond acceptors (Lipinski definition) is 8. The highest BCUT2D eigenvalue weighted by Crippen LogP contribution is 2.29. The Balaban J connectivity index is 1.34. The van der Waals surface area contributed by atoms with E-state index in [0.29, 0.717) is 41.2 Å². The molecule has 2 aliphatic rings. The van der Waals surface area contributed by atoms with Crippen LogP contribution in [0.15, 0.2) is 42.7 Å². The Morgan fingerprint density at radius 3 is 2.59 bits per heavy atom. The number of imidazole rings is 1. The maximum atomic E-state index is 14.0. The van der Waals surface area contributed by atoms with Crippen LogP contribution in [0, 0.1) is 5.82 Å². The van der Waals surface area contributed by atoms with Gasteiger partial charge in [-0.3, -0.25) is 9.88 Å². The summed E-state index contributed by atoms with van der Waals surface area (Å²) in [6.45, 7) is 3.63. The fraction of sp³-hybridized carbons (Fsp3) is 0.333. The normalized spacial score (nSPS) is 19.8. The topological polar surface area (TPSA) is 107 Å². The van der Waals surface area contributed by atoms with Crippen LogP contribution in [0.3, 0.4) is 0 Å². The van der Waals surface area contributed by atoms with Gasteiger partial charge in [-0.2, -0.15) is 9.97 Å². The summed E-state index contributed by atoms with van der Waals surface area (Å²) in [7, 11) is 1.49. The second kappa shape index (κ2) is 8.30. The SMILES string of the molecule is COc1nc(N)c2nc(-c3cncc(F)c3)n(Cc3ccc(CN4C[C@@H]5C[C@H]4CN5)cc3)c2n1. The lowest BCUT2D eigenvalue weighted by molar-refractivity contribution is 0.218. The molecule has 5 heterocycles. The third kappa shape index (κ3) is 3.74. The van der Waals surface area contributed by atoms with Gasteiger partial charge >= 0.3 is 6.01 Å². The zero-order chi connectivity index (χ0) is 23.2. The predicted molar refractivity (Wildman–Crippen MR) is 126 cm³/mol. The maximum absolute atomic E-state index is 14.0. The number of nitrogens with two attached hydrogens (primary N) is 1. The average molecular weight is 461 g/mol. The molecule has 6 rings (SSSR count). The monoisotopic (exact) mass is 460 g/mol. The standard InChI is InChI=1S/C24H25FN8O/c1-34-24-30-21(26)20-23(31-24)33(22(29-20)16-6-17(25)9-27-8-16)12-15-4-2-14(3-5-15)11-32-13-18-7-19(32)10-28-18/h2-6,8-9,18-19,28H,7,10-13H2,1H3,(H2,26,30,31)/t18-,19-/m0/s1. The number of halogens is 1. The minimum Gasteiger partial charge on any atom is -0.467 e. The van der Waals surface area contributed by atoms with Crippen LogP contribution in [-0.4, -0.2) is 61.7 Å². The fourth-order valence-electron chi connectivity index (χ4n) is 5.00. The molecule has 1 aromatic carbocycles. The highest BCUT2D eigenvalue weighted by Gasteiger charge is 2.37. The quantitative estimate of drug-likeness (QED) is 0.451. The molecule has 174 valence electrons. The van der Waals surface area contributed by atoms with Gasteiger partial charge in [0.25, 0.3) is 0 Å². The number of hydrogen-bond donors (Lipinski definition) is 2.